The lowest BCUT2D eigenvalue weighted by molar-refractivity contribution is 0.0489. The summed E-state index contributed by atoms with van der Waals surface area (Å²) in [6, 6.07) is 7.01. The molecule has 0 saturated heterocycles. The standard InChI is InChI=1S/C18H30N2O/c1-5-10-20(14(2)3)18(13-19)9-8-15-6-7-17(21-4)11-16(15)12-18/h6-7,11,14H,5,8-10,12-13,19H2,1-4H3. The predicted molar refractivity (Wildman–Crippen MR) is 88.9 cm³/mol. The maximum Gasteiger partial charge on any atom is 0.119 e. The van der Waals surface area contributed by atoms with Gasteiger partial charge in [-0.15, -0.1) is 0 Å². The lowest BCUT2D eigenvalue weighted by Crippen LogP contribution is -2.59. The van der Waals surface area contributed by atoms with Crippen LogP contribution in [0.3, 0.4) is 0 Å². The zero-order valence-corrected chi connectivity index (χ0v) is 14.0. The van der Waals surface area contributed by atoms with Gasteiger partial charge in [-0.3, -0.25) is 4.90 Å². The van der Waals surface area contributed by atoms with Crippen molar-refractivity contribution in [2.75, 3.05) is 20.2 Å². The molecular formula is C18H30N2O. The van der Waals surface area contributed by atoms with Gasteiger partial charge in [0.15, 0.2) is 0 Å². The third-order valence-electron chi connectivity index (χ3n) is 4.87. The van der Waals surface area contributed by atoms with E-state index in [0.29, 0.717) is 6.04 Å². The number of rotatable bonds is 6. The summed E-state index contributed by atoms with van der Waals surface area (Å²) in [6.07, 6.45) is 4.48. The molecule has 0 saturated carbocycles. The van der Waals surface area contributed by atoms with E-state index in [1.807, 2.05) is 0 Å². The Kier molecular flexibility index (Phi) is 5.28. The van der Waals surface area contributed by atoms with Gasteiger partial charge in [0.2, 0.25) is 0 Å². The molecule has 0 aliphatic heterocycles. The molecule has 1 aromatic carbocycles. The Morgan fingerprint density at radius 1 is 1.33 bits per heavy atom. The van der Waals surface area contributed by atoms with Crippen LogP contribution in [-0.4, -0.2) is 36.7 Å². The number of methoxy groups -OCH3 is 1. The van der Waals surface area contributed by atoms with Crippen molar-refractivity contribution >= 4 is 0 Å². The van der Waals surface area contributed by atoms with Crippen molar-refractivity contribution in [1.29, 1.82) is 0 Å². The Morgan fingerprint density at radius 2 is 2.10 bits per heavy atom. The van der Waals surface area contributed by atoms with Crippen LogP contribution < -0.4 is 10.5 Å². The van der Waals surface area contributed by atoms with Gasteiger partial charge in [-0.25, -0.2) is 0 Å². The molecule has 0 heterocycles. The highest BCUT2D eigenvalue weighted by Gasteiger charge is 2.39. The predicted octanol–water partition coefficient (Wildman–Crippen LogP) is 3.00. The quantitative estimate of drug-likeness (QED) is 0.875. The van der Waals surface area contributed by atoms with Crippen LogP contribution in [0.5, 0.6) is 5.75 Å². The molecule has 1 aliphatic carbocycles. The van der Waals surface area contributed by atoms with E-state index in [2.05, 4.69) is 43.9 Å². The fraction of sp³-hybridized carbons (Fsp3) is 0.667. The number of hydrogen-bond donors (Lipinski definition) is 1. The number of hydrogen-bond acceptors (Lipinski definition) is 3. The summed E-state index contributed by atoms with van der Waals surface area (Å²) < 4.78 is 5.39. The first kappa shape index (κ1) is 16.3. The fourth-order valence-corrected chi connectivity index (χ4v) is 3.77. The van der Waals surface area contributed by atoms with E-state index >= 15 is 0 Å². The molecule has 0 fully saturated rings. The molecule has 3 nitrogen and oxygen atoms in total. The molecule has 0 bridgehead atoms. The maximum atomic E-state index is 6.26. The van der Waals surface area contributed by atoms with Crippen LogP contribution in [0.4, 0.5) is 0 Å². The third kappa shape index (κ3) is 3.24. The molecule has 1 unspecified atom stereocenters. The average Bonchev–Trinajstić information content (AvgIpc) is 2.51. The summed E-state index contributed by atoms with van der Waals surface area (Å²) in [5.41, 5.74) is 9.23. The minimum atomic E-state index is 0.101. The lowest BCUT2D eigenvalue weighted by atomic mass is 9.76. The first-order chi connectivity index (χ1) is 10.1. The molecule has 1 atom stereocenters. The SMILES string of the molecule is CCCN(C(C)C)C1(CN)CCc2ccc(OC)cc2C1. The number of ether oxygens (including phenoxy) is 1. The average molecular weight is 290 g/mol. The molecule has 2 rings (SSSR count). The monoisotopic (exact) mass is 290 g/mol. The van der Waals surface area contributed by atoms with Crippen LogP contribution in [0.25, 0.3) is 0 Å². The summed E-state index contributed by atoms with van der Waals surface area (Å²) >= 11 is 0. The number of fused-ring (bicyclic) bond motifs is 1. The summed E-state index contributed by atoms with van der Waals surface area (Å²) in [7, 11) is 1.73. The topological polar surface area (TPSA) is 38.5 Å². The zero-order chi connectivity index (χ0) is 15.5. The molecule has 1 aromatic rings. The summed E-state index contributed by atoms with van der Waals surface area (Å²) in [4.78, 5) is 2.62. The highest BCUT2D eigenvalue weighted by molar-refractivity contribution is 5.39. The molecule has 21 heavy (non-hydrogen) atoms. The Hall–Kier alpha value is -1.06. The number of aryl methyl sites for hydroxylation is 1. The normalized spacial score (nSPS) is 21.7. The van der Waals surface area contributed by atoms with Crippen LogP contribution in [-0.2, 0) is 12.8 Å². The second kappa shape index (κ2) is 6.80. The van der Waals surface area contributed by atoms with Crippen molar-refractivity contribution in [3.8, 4) is 5.75 Å². The van der Waals surface area contributed by atoms with Crippen molar-refractivity contribution in [1.82, 2.24) is 4.90 Å². The van der Waals surface area contributed by atoms with E-state index in [4.69, 9.17) is 10.5 Å². The van der Waals surface area contributed by atoms with Crippen LogP contribution in [0.1, 0.15) is 44.7 Å². The Morgan fingerprint density at radius 3 is 2.67 bits per heavy atom. The van der Waals surface area contributed by atoms with Gasteiger partial charge >= 0.3 is 0 Å². The van der Waals surface area contributed by atoms with Crippen molar-refractivity contribution < 1.29 is 4.74 Å². The van der Waals surface area contributed by atoms with Gasteiger partial charge < -0.3 is 10.5 Å². The second-order valence-corrected chi connectivity index (χ2v) is 6.53. The Labute approximate surface area is 129 Å². The number of nitrogens with two attached hydrogens (primary N) is 1. The summed E-state index contributed by atoms with van der Waals surface area (Å²) in [6.45, 7) is 8.66. The van der Waals surface area contributed by atoms with E-state index in [9.17, 15) is 0 Å². The highest BCUT2D eigenvalue weighted by Crippen LogP contribution is 2.35. The van der Waals surface area contributed by atoms with Crippen molar-refractivity contribution in [2.24, 2.45) is 5.73 Å². The molecule has 0 aromatic heterocycles. The van der Waals surface area contributed by atoms with Gasteiger partial charge in [-0.2, -0.15) is 0 Å². The number of nitrogens with zero attached hydrogens (tertiary/aromatic N) is 1. The van der Waals surface area contributed by atoms with Crippen LogP contribution in [0.15, 0.2) is 18.2 Å². The third-order valence-corrected chi connectivity index (χ3v) is 4.87. The van der Waals surface area contributed by atoms with Gasteiger partial charge in [0.05, 0.1) is 7.11 Å². The first-order valence-electron chi connectivity index (χ1n) is 8.19. The van der Waals surface area contributed by atoms with Gasteiger partial charge in [0, 0.05) is 18.1 Å². The van der Waals surface area contributed by atoms with Crippen molar-refractivity contribution in [3.63, 3.8) is 0 Å². The lowest BCUT2D eigenvalue weighted by Gasteiger charge is -2.48. The van der Waals surface area contributed by atoms with E-state index in [1.54, 1.807) is 7.11 Å². The van der Waals surface area contributed by atoms with E-state index < -0.39 is 0 Å². The number of benzene rings is 1. The van der Waals surface area contributed by atoms with Gasteiger partial charge in [0.25, 0.3) is 0 Å². The van der Waals surface area contributed by atoms with Crippen LogP contribution >= 0.6 is 0 Å². The molecule has 0 spiro atoms. The van der Waals surface area contributed by atoms with Crippen molar-refractivity contribution in [3.05, 3.63) is 29.3 Å². The van der Waals surface area contributed by atoms with Crippen LogP contribution in [0.2, 0.25) is 0 Å². The van der Waals surface area contributed by atoms with Gasteiger partial charge in [-0.05, 0) is 69.3 Å². The minimum absolute atomic E-state index is 0.101. The fourth-order valence-electron chi connectivity index (χ4n) is 3.77. The first-order valence-corrected chi connectivity index (χ1v) is 8.19. The largest absolute Gasteiger partial charge is 0.497 e. The van der Waals surface area contributed by atoms with Crippen molar-refractivity contribution in [2.45, 2.75) is 58.0 Å². The maximum absolute atomic E-state index is 6.26. The van der Waals surface area contributed by atoms with E-state index in [1.165, 1.54) is 17.5 Å². The van der Waals surface area contributed by atoms with Crippen LogP contribution in [0, 0.1) is 0 Å². The molecule has 1 aliphatic rings. The second-order valence-electron chi connectivity index (χ2n) is 6.53. The van der Waals surface area contributed by atoms with Gasteiger partial charge in [0.1, 0.15) is 5.75 Å². The highest BCUT2D eigenvalue weighted by atomic mass is 16.5. The van der Waals surface area contributed by atoms with Gasteiger partial charge in [-0.1, -0.05) is 13.0 Å². The summed E-state index contributed by atoms with van der Waals surface area (Å²) in [5.74, 6) is 0.952. The smallest absolute Gasteiger partial charge is 0.119 e. The van der Waals surface area contributed by atoms with E-state index in [0.717, 1.165) is 38.1 Å². The molecule has 2 N–H and O–H groups in total. The zero-order valence-electron chi connectivity index (χ0n) is 14.0. The molecule has 3 heteroatoms. The Bertz CT molecular complexity index is 472. The molecule has 118 valence electrons. The minimum Gasteiger partial charge on any atom is -0.497 e. The molecular weight excluding hydrogens is 260 g/mol. The van der Waals surface area contributed by atoms with E-state index in [-0.39, 0.29) is 5.54 Å². The summed E-state index contributed by atoms with van der Waals surface area (Å²) in [5, 5.41) is 0. The Balaban J connectivity index is 2.33. The molecule has 0 radical (unpaired) electrons. The molecule has 0 amide bonds.